The summed E-state index contributed by atoms with van der Waals surface area (Å²) in [5, 5.41) is 18.5. The maximum absolute atomic E-state index is 12.7. The van der Waals surface area contributed by atoms with E-state index in [4.69, 9.17) is 0 Å². The second-order valence-corrected chi connectivity index (χ2v) is 5.43. The Balaban J connectivity index is 2.36. The number of aliphatic hydroxyl groups excluding tert-OH is 2. The monoisotopic (exact) mass is 314 g/mol. The third-order valence-electron chi connectivity index (χ3n) is 2.92. The molecular weight excluding hydrogens is 301 g/mol. The summed E-state index contributed by atoms with van der Waals surface area (Å²) in [4.78, 5) is 1.28. The van der Waals surface area contributed by atoms with Crippen molar-refractivity contribution in [3.63, 3.8) is 0 Å². The lowest BCUT2D eigenvalue weighted by atomic mass is 10.1. The lowest BCUT2D eigenvalue weighted by Crippen LogP contribution is -2.06. The Labute approximate surface area is 124 Å². The zero-order valence-electron chi connectivity index (χ0n) is 10.9. The minimum Gasteiger partial charge on any atom is -0.392 e. The first kappa shape index (κ1) is 15.9. The first-order valence-corrected chi connectivity index (χ1v) is 6.95. The standard InChI is InChI=1S/C15H13F3O2S/c16-15(17,18)12-5-6-14(11(7-12)9-20)21-13-4-2-1-3-10(13)8-19/h1-7,19-20H,8-9H2. The van der Waals surface area contributed by atoms with Crippen LogP contribution in [-0.2, 0) is 19.4 Å². The van der Waals surface area contributed by atoms with Crippen LogP contribution in [0.15, 0.2) is 52.3 Å². The van der Waals surface area contributed by atoms with E-state index in [9.17, 15) is 23.4 Å². The molecule has 0 fully saturated rings. The average molecular weight is 314 g/mol. The van der Waals surface area contributed by atoms with Crippen molar-refractivity contribution in [2.24, 2.45) is 0 Å². The molecule has 0 bridgehead atoms. The predicted molar refractivity (Wildman–Crippen MR) is 73.9 cm³/mol. The fraction of sp³-hybridized carbons (Fsp3) is 0.200. The molecule has 0 unspecified atom stereocenters. The summed E-state index contributed by atoms with van der Waals surface area (Å²) >= 11 is 1.22. The summed E-state index contributed by atoms with van der Waals surface area (Å²) in [5.74, 6) is 0. The zero-order valence-corrected chi connectivity index (χ0v) is 11.7. The minimum absolute atomic E-state index is 0.154. The van der Waals surface area contributed by atoms with Gasteiger partial charge in [0.05, 0.1) is 18.8 Å². The highest BCUT2D eigenvalue weighted by Crippen LogP contribution is 2.36. The molecule has 0 radical (unpaired) electrons. The van der Waals surface area contributed by atoms with Crippen molar-refractivity contribution in [2.45, 2.75) is 29.2 Å². The number of alkyl halides is 3. The average Bonchev–Trinajstić information content (AvgIpc) is 2.47. The molecule has 0 spiro atoms. The number of hydrogen-bond acceptors (Lipinski definition) is 3. The molecule has 0 saturated heterocycles. The summed E-state index contributed by atoms with van der Waals surface area (Å²) in [5.41, 5.74) is 0.111. The van der Waals surface area contributed by atoms with Gasteiger partial charge in [-0.3, -0.25) is 0 Å². The molecule has 0 aromatic heterocycles. The molecule has 2 aromatic carbocycles. The van der Waals surface area contributed by atoms with Crippen LogP contribution in [0, 0.1) is 0 Å². The van der Waals surface area contributed by atoms with Crippen LogP contribution in [0.2, 0.25) is 0 Å². The SMILES string of the molecule is OCc1ccccc1Sc1ccc(C(F)(F)F)cc1CO. The first-order chi connectivity index (χ1) is 9.95. The lowest BCUT2D eigenvalue weighted by molar-refractivity contribution is -0.137. The van der Waals surface area contributed by atoms with Crippen LogP contribution >= 0.6 is 11.8 Å². The van der Waals surface area contributed by atoms with Crippen molar-refractivity contribution >= 4 is 11.8 Å². The van der Waals surface area contributed by atoms with E-state index < -0.39 is 18.3 Å². The van der Waals surface area contributed by atoms with Crippen molar-refractivity contribution in [3.8, 4) is 0 Å². The van der Waals surface area contributed by atoms with Crippen LogP contribution in [0.5, 0.6) is 0 Å². The smallest absolute Gasteiger partial charge is 0.392 e. The number of benzene rings is 2. The predicted octanol–water partition coefficient (Wildman–Crippen LogP) is 3.84. The van der Waals surface area contributed by atoms with Gasteiger partial charge in [0.15, 0.2) is 0 Å². The molecule has 2 aromatic rings. The van der Waals surface area contributed by atoms with E-state index in [0.717, 1.165) is 17.0 Å². The van der Waals surface area contributed by atoms with Gasteiger partial charge < -0.3 is 10.2 Å². The quantitative estimate of drug-likeness (QED) is 0.901. The van der Waals surface area contributed by atoms with Gasteiger partial charge in [-0.2, -0.15) is 13.2 Å². The first-order valence-electron chi connectivity index (χ1n) is 6.13. The topological polar surface area (TPSA) is 40.5 Å². The highest BCUT2D eigenvalue weighted by Gasteiger charge is 2.31. The van der Waals surface area contributed by atoms with Crippen LogP contribution in [0.25, 0.3) is 0 Å². The van der Waals surface area contributed by atoms with E-state index in [0.29, 0.717) is 10.5 Å². The molecule has 6 heteroatoms. The summed E-state index contributed by atoms with van der Waals surface area (Å²) < 4.78 is 38.0. The second-order valence-electron chi connectivity index (χ2n) is 4.35. The fourth-order valence-corrected chi connectivity index (χ4v) is 2.87. The molecule has 2 rings (SSSR count). The van der Waals surface area contributed by atoms with Crippen molar-refractivity contribution in [2.75, 3.05) is 0 Å². The maximum atomic E-state index is 12.7. The number of aliphatic hydroxyl groups is 2. The Kier molecular flexibility index (Phi) is 4.92. The minimum atomic E-state index is -4.43. The van der Waals surface area contributed by atoms with Gasteiger partial charge in [0.1, 0.15) is 0 Å². The highest BCUT2D eigenvalue weighted by molar-refractivity contribution is 7.99. The van der Waals surface area contributed by atoms with Crippen molar-refractivity contribution < 1.29 is 23.4 Å². The van der Waals surface area contributed by atoms with Crippen molar-refractivity contribution in [3.05, 3.63) is 59.2 Å². The lowest BCUT2D eigenvalue weighted by Gasteiger charge is -2.13. The molecule has 0 amide bonds. The van der Waals surface area contributed by atoms with Gasteiger partial charge in [-0.1, -0.05) is 30.0 Å². The zero-order chi connectivity index (χ0) is 15.5. The van der Waals surface area contributed by atoms with Gasteiger partial charge in [0, 0.05) is 9.79 Å². The fourth-order valence-electron chi connectivity index (χ4n) is 1.83. The maximum Gasteiger partial charge on any atom is 0.416 e. The second kappa shape index (κ2) is 6.51. The number of hydrogen-bond donors (Lipinski definition) is 2. The van der Waals surface area contributed by atoms with Crippen molar-refractivity contribution in [1.29, 1.82) is 0 Å². The van der Waals surface area contributed by atoms with Gasteiger partial charge in [-0.15, -0.1) is 0 Å². The summed E-state index contributed by atoms with van der Waals surface area (Å²) in [6.45, 7) is -0.633. The molecule has 2 nitrogen and oxygen atoms in total. The third-order valence-corrected chi connectivity index (χ3v) is 4.16. The van der Waals surface area contributed by atoms with Crippen LogP contribution in [-0.4, -0.2) is 10.2 Å². The number of rotatable bonds is 4. The third kappa shape index (κ3) is 3.78. The Morgan fingerprint density at radius 2 is 1.48 bits per heavy atom. The Hall–Kier alpha value is -1.50. The summed E-state index contributed by atoms with van der Waals surface area (Å²) in [6, 6.07) is 10.3. The van der Waals surface area contributed by atoms with E-state index in [-0.39, 0.29) is 12.2 Å². The van der Waals surface area contributed by atoms with Crippen molar-refractivity contribution in [1.82, 2.24) is 0 Å². The van der Waals surface area contributed by atoms with E-state index in [1.807, 2.05) is 0 Å². The van der Waals surface area contributed by atoms with Gasteiger partial charge >= 0.3 is 6.18 Å². The molecule has 2 N–H and O–H groups in total. The van der Waals surface area contributed by atoms with E-state index in [1.165, 1.54) is 17.8 Å². The Morgan fingerprint density at radius 1 is 0.857 bits per heavy atom. The molecule has 0 atom stereocenters. The highest BCUT2D eigenvalue weighted by atomic mass is 32.2. The van der Waals surface area contributed by atoms with Gasteiger partial charge in [0.2, 0.25) is 0 Å². The van der Waals surface area contributed by atoms with E-state index in [1.54, 1.807) is 24.3 Å². The van der Waals surface area contributed by atoms with E-state index >= 15 is 0 Å². The van der Waals surface area contributed by atoms with Gasteiger partial charge in [-0.05, 0) is 35.4 Å². The number of halogens is 3. The van der Waals surface area contributed by atoms with E-state index in [2.05, 4.69) is 0 Å². The molecule has 0 aliphatic rings. The molecule has 0 aliphatic carbocycles. The Bertz CT molecular complexity index is 627. The van der Waals surface area contributed by atoms with Crippen LogP contribution in [0.4, 0.5) is 13.2 Å². The van der Waals surface area contributed by atoms with Crippen LogP contribution in [0.3, 0.4) is 0 Å². The summed E-state index contributed by atoms with van der Waals surface area (Å²) in [6.07, 6.45) is -4.43. The molecule has 0 saturated carbocycles. The molecule has 0 aliphatic heterocycles. The molecular formula is C15H13F3O2S. The largest absolute Gasteiger partial charge is 0.416 e. The molecule has 0 heterocycles. The van der Waals surface area contributed by atoms with Gasteiger partial charge in [-0.25, -0.2) is 0 Å². The normalized spacial score (nSPS) is 11.7. The summed E-state index contributed by atoms with van der Waals surface area (Å²) in [7, 11) is 0. The Morgan fingerprint density at radius 3 is 2.10 bits per heavy atom. The van der Waals surface area contributed by atoms with Crippen LogP contribution < -0.4 is 0 Å². The molecule has 21 heavy (non-hydrogen) atoms. The van der Waals surface area contributed by atoms with Gasteiger partial charge in [0.25, 0.3) is 0 Å². The van der Waals surface area contributed by atoms with Crippen LogP contribution in [0.1, 0.15) is 16.7 Å². The molecule has 112 valence electrons.